The molecule has 1 atom stereocenters. The maximum Gasteiger partial charge on any atom is 0.233 e. The Morgan fingerprint density at radius 3 is 2.82 bits per heavy atom. The van der Waals surface area contributed by atoms with Crippen molar-refractivity contribution in [1.82, 2.24) is 25.1 Å². The molecule has 116 valence electrons. The van der Waals surface area contributed by atoms with Gasteiger partial charge in [0.15, 0.2) is 11.0 Å². The number of rotatable bonds is 7. The van der Waals surface area contributed by atoms with Crippen LogP contribution in [0.5, 0.6) is 0 Å². The van der Waals surface area contributed by atoms with E-state index < -0.39 is 0 Å². The number of carbonyl (C=O) groups is 1. The lowest BCUT2D eigenvalue weighted by Gasteiger charge is -2.12. The van der Waals surface area contributed by atoms with Crippen LogP contribution >= 0.6 is 11.8 Å². The van der Waals surface area contributed by atoms with Gasteiger partial charge in [-0.05, 0) is 26.0 Å². The Bertz CT molecular complexity index is 641. The standard InChI is InChI=1S/C15H19N5OS/c1-4-10-20-13(12-6-8-16-9-7-12)18-19-15(20)22-11(3)14(21)17-5-2/h4,6-9,11H,1,5,10H2,2-3H3,(H,17,21)/t11-/m0/s1. The van der Waals surface area contributed by atoms with Gasteiger partial charge < -0.3 is 5.32 Å². The van der Waals surface area contributed by atoms with Gasteiger partial charge in [-0.3, -0.25) is 14.3 Å². The first-order valence-electron chi connectivity index (χ1n) is 7.06. The van der Waals surface area contributed by atoms with E-state index in [9.17, 15) is 4.79 Å². The summed E-state index contributed by atoms with van der Waals surface area (Å²) in [4.78, 5) is 15.9. The van der Waals surface area contributed by atoms with E-state index in [1.807, 2.05) is 30.5 Å². The molecular weight excluding hydrogens is 298 g/mol. The molecule has 0 aliphatic rings. The summed E-state index contributed by atoms with van der Waals surface area (Å²) in [5, 5.41) is 11.7. The van der Waals surface area contributed by atoms with Gasteiger partial charge in [0.25, 0.3) is 0 Å². The van der Waals surface area contributed by atoms with Crippen LogP contribution in [-0.4, -0.2) is 37.5 Å². The highest BCUT2D eigenvalue weighted by Gasteiger charge is 2.19. The normalized spacial score (nSPS) is 11.9. The van der Waals surface area contributed by atoms with Gasteiger partial charge in [-0.2, -0.15) is 0 Å². The maximum atomic E-state index is 11.9. The molecule has 1 N–H and O–H groups in total. The first kappa shape index (κ1) is 16.2. The van der Waals surface area contributed by atoms with Crippen molar-refractivity contribution < 1.29 is 4.79 Å². The molecule has 0 radical (unpaired) electrons. The summed E-state index contributed by atoms with van der Waals surface area (Å²) in [6.45, 7) is 8.73. The lowest BCUT2D eigenvalue weighted by molar-refractivity contribution is -0.120. The molecule has 0 aliphatic carbocycles. The third-order valence-electron chi connectivity index (χ3n) is 2.97. The lowest BCUT2D eigenvalue weighted by Crippen LogP contribution is -2.30. The summed E-state index contributed by atoms with van der Waals surface area (Å²) in [7, 11) is 0. The van der Waals surface area contributed by atoms with Gasteiger partial charge in [0.1, 0.15) is 0 Å². The fourth-order valence-electron chi connectivity index (χ4n) is 1.91. The van der Waals surface area contributed by atoms with Crippen LogP contribution in [0.15, 0.2) is 42.3 Å². The molecule has 2 aromatic heterocycles. The van der Waals surface area contributed by atoms with Crippen LogP contribution in [0.4, 0.5) is 0 Å². The van der Waals surface area contributed by atoms with Gasteiger partial charge in [0, 0.05) is 31.0 Å². The summed E-state index contributed by atoms with van der Waals surface area (Å²) >= 11 is 1.39. The van der Waals surface area contributed by atoms with Crippen molar-refractivity contribution in [3.63, 3.8) is 0 Å². The molecule has 0 fully saturated rings. The van der Waals surface area contributed by atoms with Crippen LogP contribution < -0.4 is 5.32 Å². The molecule has 2 heterocycles. The zero-order chi connectivity index (χ0) is 15.9. The highest BCUT2D eigenvalue weighted by atomic mass is 32.2. The third-order valence-corrected chi connectivity index (χ3v) is 4.05. The lowest BCUT2D eigenvalue weighted by atomic mass is 10.2. The smallest absolute Gasteiger partial charge is 0.233 e. The summed E-state index contributed by atoms with van der Waals surface area (Å²) in [6, 6.07) is 3.76. The number of hydrogen-bond donors (Lipinski definition) is 1. The fourth-order valence-corrected chi connectivity index (χ4v) is 2.80. The Morgan fingerprint density at radius 2 is 2.18 bits per heavy atom. The molecule has 6 nitrogen and oxygen atoms in total. The van der Waals surface area contributed by atoms with E-state index in [-0.39, 0.29) is 11.2 Å². The molecule has 2 rings (SSSR count). The Balaban J connectivity index is 2.27. The number of carbonyl (C=O) groups excluding carboxylic acids is 1. The van der Waals surface area contributed by atoms with Gasteiger partial charge in [0.2, 0.25) is 5.91 Å². The minimum absolute atomic E-state index is 0.00823. The largest absolute Gasteiger partial charge is 0.355 e. The summed E-state index contributed by atoms with van der Waals surface area (Å²) in [5.41, 5.74) is 0.932. The van der Waals surface area contributed by atoms with Crippen molar-refractivity contribution in [1.29, 1.82) is 0 Å². The number of nitrogens with one attached hydrogen (secondary N) is 1. The summed E-state index contributed by atoms with van der Waals surface area (Å²) in [5.74, 6) is 0.735. The first-order chi connectivity index (χ1) is 10.7. The van der Waals surface area contributed by atoms with Gasteiger partial charge in [0.05, 0.1) is 5.25 Å². The number of hydrogen-bond acceptors (Lipinski definition) is 5. The molecule has 22 heavy (non-hydrogen) atoms. The zero-order valence-electron chi connectivity index (χ0n) is 12.7. The van der Waals surface area contributed by atoms with Crippen molar-refractivity contribution in [2.45, 2.75) is 30.8 Å². The van der Waals surface area contributed by atoms with Crippen molar-refractivity contribution in [2.75, 3.05) is 6.54 Å². The second kappa shape index (κ2) is 7.74. The van der Waals surface area contributed by atoms with Gasteiger partial charge >= 0.3 is 0 Å². The minimum atomic E-state index is -0.238. The predicted octanol–water partition coefficient (Wildman–Crippen LogP) is 2.14. The Hall–Kier alpha value is -2.15. The predicted molar refractivity (Wildman–Crippen MR) is 87.5 cm³/mol. The van der Waals surface area contributed by atoms with Crippen LogP contribution in [0.3, 0.4) is 0 Å². The average molecular weight is 317 g/mol. The third kappa shape index (κ3) is 3.73. The van der Waals surface area contributed by atoms with Gasteiger partial charge in [-0.25, -0.2) is 0 Å². The van der Waals surface area contributed by atoms with Crippen LogP contribution in [0.25, 0.3) is 11.4 Å². The van der Waals surface area contributed by atoms with E-state index in [1.54, 1.807) is 18.5 Å². The highest BCUT2D eigenvalue weighted by Crippen LogP contribution is 2.26. The maximum absolute atomic E-state index is 11.9. The monoisotopic (exact) mass is 317 g/mol. The van der Waals surface area contributed by atoms with Crippen molar-refractivity contribution in [3.05, 3.63) is 37.2 Å². The molecule has 0 aliphatic heterocycles. The van der Waals surface area contributed by atoms with E-state index >= 15 is 0 Å². The number of allylic oxidation sites excluding steroid dienone is 1. The van der Waals surface area contributed by atoms with Crippen LogP contribution in [0.2, 0.25) is 0 Å². The van der Waals surface area contributed by atoms with Crippen molar-refractivity contribution in [2.24, 2.45) is 0 Å². The molecule has 0 spiro atoms. The molecule has 2 aromatic rings. The Kier molecular flexibility index (Phi) is 5.71. The minimum Gasteiger partial charge on any atom is -0.355 e. The number of nitrogens with zero attached hydrogens (tertiary/aromatic N) is 4. The Morgan fingerprint density at radius 1 is 1.45 bits per heavy atom. The highest BCUT2D eigenvalue weighted by molar-refractivity contribution is 8.00. The fraction of sp³-hybridized carbons (Fsp3) is 0.333. The van der Waals surface area contributed by atoms with E-state index in [1.165, 1.54) is 11.8 Å². The molecular formula is C15H19N5OS. The van der Waals surface area contributed by atoms with Crippen LogP contribution in [-0.2, 0) is 11.3 Å². The average Bonchev–Trinajstić information content (AvgIpc) is 2.91. The quantitative estimate of drug-likeness (QED) is 0.626. The second-order valence-corrected chi connectivity index (χ2v) is 5.90. The second-order valence-electron chi connectivity index (χ2n) is 4.60. The molecule has 0 saturated carbocycles. The number of pyridine rings is 1. The molecule has 0 aromatic carbocycles. The molecule has 1 amide bonds. The topological polar surface area (TPSA) is 72.7 Å². The number of aromatic nitrogens is 4. The number of thioether (sulfide) groups is 1. The van der Waals surface area contributed by atoms with E-state index in [0.29, 0.717) is 18.2 Å². The number of amides is 1. The summed E-state index contributed by atoms with van der Waals surface area (Å²) < 4.78 is 1.95. The molecule has 7 heteroatoms. The molecule has 0 unspecified atom stereocenters. The van der Waals surface area contributed by atoms with Crippen LogP contribution in [0.1, 0.15) is 13.8 Å². The molecule has 0 bridgehead atoms. The van der Waals surface area contributed by atoms with Crippen molar-refractivity contribution >= 4 is 17.7 Å². The van der Waals surface area contributed by atoms with Gasteiger partial charge in [-0.15, -0.1) is 16.8 Å². The zero-order valence-corrected chi connectivity index (χ0v) is 13.5. The summed E-state index contributed by atoms with van der Waals surface area (Å²) in [6.07, 6.45) is 5.22. The van der Waals surface area contributed by atoms with Gasteiger partial charge in [-0.1, -0.05) is 17.8 Å². The van der Waals surface area contributed by atoms with E-state index in [2.05, 4.69) is 27.1 Å². The van der Waals surface area contributed by atoms with E-state index in [0.717, 1.165) is 11.4 Å². The van der Waals surface area contributed by atoms with Crippen LogP contribution in [0, 0.1) is 0 Å². The molecule has 0 saturated heterocycles. The SMILES string of the molecule is C=CCn1c(S[C@@H](C)C(=O)NCC)nnc1-c1ccncc1. The van der Waals surface area contributed by atoms with E-state index in [4.69, 9.17) is 0 Å². The first-order valence-corrected chi connectivity index (χ1v) is 7.94. The Labute approximate surface area is 134 Å². The van der Waals surface area contributed by atoms with Crippen molar-refractivity contribution in [3.8, 4) is 11.4 Å².